The summed E-state index contributed by atoms with van der Waals surface area (Å²) in [6.07, 6.45) is 0. The van der Waals surface area contributed by atoms with E-state index in [2.05, 4.69) is 26.1 Å². The highest BCUT2D eigenvalue weighted by Gasteiger charge is 2.14. The molecule has 0 atom stereocenters. The summed E-state index contributed by atoms with van der Waals surface area (Å²) in [6, 6.07) is 14.8. The van der Waals surface area contributed by atoms with Crippen LogP contribution in [0.4, 0.5) is 21.6 Å². The van der Waals surface area contributed by atoms with Gasteiger partial charge in [-0.2, -0.15) is 0 Å². The molecule has 0 spiro atoms. The number of carbonyl (C=O) groups excluding carboxylic acids is 1. The molecule has 0 saturated heterocycles. The number of aromatic nitrogens is 2. The molecule has 136 valence electrons. The highest BCUT2D eigenvalue weighted by atomic mass is 32.1. The molecule has 3 aromatic rings. The summed E-state index contributed by atoms with van der Waals surface area (Å²) in [5.41, 5.74) is 0.800. The van der Waals surface area contributed by atoms with Crippen LogP contribution in [-0.2, 0) is 0 Å². The Bertz CT molecular complexity index is 993. The average Bonchev–Trinajstić information content (AvgIpc) is 3.09. The lowest BCUT2D eigenvalue weighted by Gasteiger charge is -2.07. The van der Waals surface area contributed by atoms with Gasteiger partial charge in [-0.25, -0.2) is 0 Å². The Labute approximate surface area is 162 Å². The minimum absolute atomic E-state index is 0.148. The predicted molar refractivity (Wildman–Crippen MR) is 107 cm³/mol. The lowest BCUT2D eigenvalue weighted by Crippen LogP contribution is -2.18. The monoisotopic (exact) mass is 400 g/mol. The van der Waals surface area contributed by atoms with E-state index in [1.807, 2.05) is 30.3 Å². The molecule has 0 bridgehead atoms. The number of para-hydroxylation sites is 1. The summed E-state index contributed by atoms with van der Waals surface area (Å²) < 4.78 is 0. The predicted octanol–water partition coefficient (Wildman–Crippen LogP) is 3.51. The first kappa shape index (κ1) is 18.4. The normalized spacial score (nSPS) is 10.1. The van der Waals surface area contributed by atoms with Gasteiger partial charge in [-0.3, -0.25) is 20.2 Å². The maximum atomic E-state index is 12.2. The second-order valence-electron chi connectivity index (χ2n) is 5.12. The van der Waals surface area contributed by atoms with Crippen LogP contribution in [0.15, 0.2) is 54.6 Å². The zero-order valence-electron chi connectivity index (χ0n) is 13.6. The molecule has 0 aliphatic rings. The molecule has 1 amide bonds. The molecule has 3 rings (SSSR count). The van der Waals surface area contributed by atoms with Gasteiger partial charge in [0.1, 0.15) is 0 Å². The first-order valence-electron chi connectivity index (χ1n) is 7.53. The minimum atomic E-state index is -0.565. The van der Waals surface area contributed by atoms with Crippen molar-refractivity contribution in [3.63, 3.8) is 0 Å². The van der Waals surface area contributed by atoms with Crippen LogP contribution in [0, 0.1) is 10.1 Å². The van der Waals surface area contributed by atoms with Gasteiger partial charge in [-0.1, -0.05) is 35.6 Å². The van der Waals surface area contributed by atoms with Crippen molar-refractivity contribution in [1.82, 2.24) is 10.2 Å². The molecule has 0 aliphatic carbocycles. The van der Waals surface area contributed by atoms with Crippen molar-refractivity contribution < 1.29 is 9.72 Å². The van der Waals surface area contributed by atoms with E-state index in [1.165, 1.54) is 24.3 Å². The maximum absolute atomic E-state index is 12.2. The van der Waals surface area contributed by atoms with Gasteiger partial charge in [0.2, 0.25) is 10.3 Å². The van der Waals surface area contributed by atoms with Crippen molar-refractivity contribution in [2.24, 2.45) is 0 Å². The SMILES string of the molecule is O=C(Nc1nnc(NC(=S)Nc2ccccc2)s1)c1cccc([N+](=O)[O-])c1. The van der Waals surface area contributed by atoms with Crippen molar-refractivity contribution in [3.8, 4) is 0 Å². The van der Waals surface area contributed by atoms with Crippen molar-refractivity contribution in [2.45, 2.75) is 0 Å². The molecular formula is C16H12N6O3S2. The van der Waals surface area contributed by atoms with E-state index in [0.717, 1.165) is 17.0 Å². The molecule has 0 saturated carbocycles. The Hall–Kier alpha value is -3.44. The van der Waals surface area contributed by atoms with Crippen molar-refractivity contribution in [2.75, 3.05) is 16.0 Å². The summed E-state index contributed by atoms with van der Waals surface area (Å²) in [6.45, 7) is 0. The van der Waals surface area contributed by atoms with Gasteiger partial charge in [0.25, 0.3) is 11.6 Å². The Balaban J connectivity index is 1.60. The summed E-state index contributed by atoms with van der Waals surface area (Å²) in [7, 11) is 0. The molecule has 1 heterocycles. The Kier molecular flexibility index (Phi) is 5.64. The Morgan fingerprint density at radius 1 is 1.00 bits per heavy atom. The fourth-order valence-electron chi connectivity index (χ4n) is 2.04. The molecule has 0 fully saturated rings. The van der Waals surface area contributed by atoms with Gasteiger partial charge in [-0.05, 0) is 30.4 Å². The van der Waals surface area contributed by atoms with Crippen LogP contribution in [0.3, 0.4) is 0 Å². The molecule has 0 radical (unpaired) electrons. The molecule has 9 nitrogen and oxygen atoms in total. The Morgan fingerprint density at radius 2 is 1.70 bits per heavy atom. The first-order valence-corrected chi connectivity index (χ1v) is 8.76. The second kappa shape index (κ2) is 8.29. The van der Waals surface area contributed by atoms with E-state index in [-0.39, 0.29) is 16.4 Å². The third kappa shape index (κ3) is 5.03. The van der Waals surface area contributed by atoms with E-state index in [9.17, 15) is 14.9 Å². The summed E-state index contributed by atoms with van der Waals surface area (Å²) in [4.78, 5) is 22.4. The standard InChI is InChI=1S/C16H12N6O3S2/c23-13(10-5-4-8-12(9-10)22(24)25)18-15-20-21-16(27-15)19-14(26)17-11-6-2-1-3-7-11/h1-9H,(H,18,20,23)(H2,17,19,21,26). The number of nitrogens with zero attached hydrogens (tertiary/aromatic N) is 3. The number of non-ortho nitro benzene ring substituents is 1. The number of nitro groups is 1. The smallest absolute Gasteiger partial charge is 0.270 e. The number of rotatable bonds is 5. The largest absolute Gasteiger partial charge is 0.332 e. The molecule has 11 heteroatoms. The third-order valence-corrected chi connectivity index (χ3v) is 4.17. The van der Waals surface area contributed by atoms with E-state index in [1.54, 1.807) is 0 Å². The molecule has 2 aromatic carbocycles. The number of hydrogen-bond acceptors (Lipinski definition) is 7. The molecule has 1 aromatic heterocycles. The molecular weight excluding hydrogens is 388 g/mol. The molecule has 3 N–H and O–H groups in total. The zero-order valence-corrected chi connectivity index (χ0v) is 15.2. The first-order chi connectivity index (χ1) is 13.0. The van der Waals surface area contributed by atoms with Gasteiger partial charge >= 0.3 is 0 Å². The van der Waals surface area contributed by atoms with Gasteiger partial charge in [0, 0.05) is 23.4 Å². The lowest BCUT2D eigenvalue weighted by molar-refractivity contribution is -0.384. The minimum Gasteiger partial charge on any atom is -0.332 e. The second-order valence-corrected chi connectivity index (χ2v) is 6.50. The van der Waals surface area contributed by atoms with Crippen molar-refractivity contribution >= 4 is 56.2 Å². The van der Waals surface area contributed by atoms with E-state index < -0.39 is 10.8 Å². The fraction of sp³-hybridized carbons (Fsp3) is 0. The highest BCUT2D eigenvalue weighted by molar-refractivity contribution is 7.80. The Morgan fingerprint density at radius 3 is 2.41 bits per heavy atom. The topological polar surface area (TPSA) is 122 Å². The summed E-state index contributed by atoms with van der Waals surface area (Å²) in [5, 5.41) is 27.9. The zero-order chi connectivity index (χ0) is 19.2. The molecule has 0 aliphatic heterocycles. The van der Waals surface area contributed by atoms with Gasteiger partial charge in [-0.15, -0.1) is 10.2 Å². The van der Waals surface area contributed by atoms with Crippen molar-refractivity contribution in [3.05, 3.63) is 70.3 Å². The van der Waals surface area contributed by atoms with E-state index in [0.29, 0.717) is 10.2 Å². The quantitative estimate of drug-likeness (QED) is 0.338. The van der Waals surface area contributed by atoms with Crippen LogP contribution in [0.25, 0.3) is 0 Å². The molecule has 0 unspecified atom stereocenters. The van der Waals surface area contributed by atoms with E-state index in [4.69, 9.17) is 12.2 Å². The number of benzene rings is 2. The third-order valence-electron chi connectivity index (χ3n) is 3.22. The summed E-state index contributed by atoms with van der Waals surface area (Å²) >= 11 is 6.27. The molecule has 27 heavy (non-hydrogen) atoms. The summed E-state index contributed by atoms with van der Waals surface area (Å²) in [5.74, 6) is -0.522. The van der Waals surface area contributed by atoms with Gasteiger partial charge < -0.3 is 10.6 Å². The van der Waals surface area contributed by atoms with Gasteiger partial charge in [0.15, 0.2) is 5.11 Å². The van der Waals surface area contributed by atoms with Crippen LogP contribution in [0.2, 0.25) is 0 Å². The van der Waals surface area contributed by atoms with Crippen molar-refractivity contribution in [1.29, 1.82) is 0 Å². The number of anilines is 3. The van der Waals surface area contributed by atoms with Crippen LogP contribution >= 0.6 is 23.6 Å². The number of thiocarbonyl (C=S) groups is 1. The number of carbonyl (C=O) groups is 1. The average molecular weight is 400 g/mol. The maximum Gasteiger partial charge on any atom is 0.270 e. The van der Waals surface area contributed by atoms with Crippen LogP contribution in [0.5, 0.6) is 0 Å². The van der Waals surface area contributed by atoms with Gasteiger partial charge in [0.05, 0.1) is 4.92 Å². The van der Waals surface area contributed by atoms with Crippen LogP contribution < -0.4 is 16.0 Å². The highest BCUT2D eigenvalue weighted by Crippen LogP contribution is 2.21. The lowest BCUT2D eigenvalue weighted by atomic mass is 10.2. The fourth-order valence-corrected chi connectivity index (χ4v) is 2.96. The number of nitrogens with one attached hydrogen (secondary N) is 3. The van der Waals surface area contributed by atoms with Crippen LogP contribution in [0.1, 0.15) is 10.4 Å². The van der Waals surface area contributed by atoms with E-state index >= 15 is 0 Å². The number of nitro benzene ring substituents is 1. The number of hydrogen-bond donors (Lipinski definition) is 3. The number of amides is 1. The van der Waals surface area contributed by atoms with Crippen LogP contribution in [-0.4, -0.2) is 26.1 Å².